The summed E-state index contributed by atoms with van der Waals surface area (Å²) in [4.78, 5) is 30.4. The van der Waals surface area contributed by atoms with Gasteiger partial charge in [-0.25, -0.2) is 0 Å². The number of rotatable bonds is 2. The molecule has 0 fully saturated rings. The van der Waals surface area contributed by atoms with Crippen molar-refractivity contribution < 1.29 is 9.59 Å². The van der Waals surface area contributed by atoms with E-state index < -0.39 is 0 Å². The van der Waals surface area contributed by atoms with Gasteiger partial charge in [0.25, 0.3) is 5.91 Å². The Kier molecular flexibility index (Phi) is 3.69. The van der Waals surface area contributed by atoms with Crippen LogP contribution in [-0.2, 0) is 11.2 Å². The lowest BCUT2D eigenvalue weighted by Crippen LogP contribution is -2.31. The lowest BCUT2D eigenvalue weighted by atomic mass is 10.0. The highest BCUT2D eigenvalue weighted by molar-refractivity contribution is 6.11. The maximum absolute atomic E-state index is 12.7. The molecular weight excluding hydrogens is 314 g/mol. The number of pyridine rings is 1. The summed E-state index contributed by atoms with van der Waals surface area (Å²) in [6.45, 7) is 0. The Bertz CT molecular complexity index is 992. The van der Waals surface area contributed by atoms with Crippen LogP contribution in [0.4, 0.5) is 11.4 Å². The highest BCUT2D eigenvalue weighted by Crippen LogP contribution is 2.29. The Morgan fingerprint density at radius 1 is 1.12 bits per heavy atom. The van der Waals surface area contributed by atoms with Crippen molar-refractivity contribution in [3.8, 4) is 0 Å². The van der Waals surface area contributed by atoms with E-state index in [-0.39, 0.29) is 11.8 Å². The number of nitrogens with zero attached hydrogens (tertiary/aromatic N) is 2. The molecule has 5 heteroatoms. The van der Waals surface area contributed by atoms with Gasteiger partial charge in [0.15, 0.2) is 0 Å². The number of carbonyl (C=O) groups excluding carboxylic acids is 2. The summed E-state index contributed by atoms with van der Waals surface area (Å²) in [6, 6.07) is 15.2. The van der Waals surface area contributed by atoms with Crippen molar-refractivity contribution in [3.05, 3.63) is 66.0 Å². The van der Waals surface area contributed by atoms with Gasteiger partial charge in [-0.15, -0.1) is 0 Å². The predicted molar refractivity (Wildman–Crippen MR) is 97.9 cm³/mol. The summed E-state index contributed by atoms with van der Waals surface area (Å²) in [5, 5.41) is 4.73. The molecule has 2 heterocycles. The molecule has 0 saturated carbocycles. The Hall–Kier alpha value is -3.21. The molecule has 0 radical (unpaired) electrons. The van der Waals surface area contributed by atoms with E-state index in [1.807, 2.05) is 48.5 Å². The first-order valence-electron chi connectivity index (χ1n) is 8.18. The number of aromatic nitrogens is 1. The Morgan fingerprint density at radius 3 is 2.84 bits per heavy atom. The molecule has 25 heavy (non-hydrogen) atoms. The van der Waals surface area contributed by atoms with Gasteiger partial charge in [-0.05, 0) is 41.6 Å². The van der Waals surface area contributed by atoms with Crippen LogP contribution in [0.25, 0.3) is 10.8 Å². The number of amides is 2. The van der Waals surface area contributed by atoms with Gasteiger partial charge in [0.05, 0.1) is 0 Å². The molecule has 4 rings (SSSR count). The van der Waals surface area contributed by atoms with Crippen molar-refractivity contribution in [2.75, 3.05) is 17.3 Å². The topological polar surface area (TPSA) is 62.3 Å². The smallest absolute Gasteiger partial charge is 0.274 e. The second-order valence-corrected chi connectivity index (χ2v) is 6.13. The molecule has 2 amide bonds. The molecule has 0 bridgehead atoms. The average Bonchev–Trinajstić information content (AvgIpc) is 2.64. The lowest BCUT2D eigenvalue weighted by molar-refractivity contribution is -0.118. The van der Waals surface area contributed by atoms with Gasteiger partial charge in [0.2, 0.25) is 5.91 Å². The van der Waals surface area contributed by atoms with Crippen LogP contribution in [0, 0.1) is 0 Å². The fraction of sp³-hybridized carbons (Fsp3) is 0.150. The zero-order valence-corrected chi connectivity index (χ0v) is 13.8. The van der Waals surface area contributed by atoms with Gasteiger partial charge >= 0.3 is 0 Å². The van der Waals surface area contributed by atoms with Crippen LogP contribution in [0.15, 0.2) is 54.7 Å². The Balaban J connectivity index is 1.64. The molecule has 2 aromatic carbocycles. The second-order valence-electron chi connectivity index (χ2n) is 6.13. The Morgan fingerprint density at radius 2 is 1.96 bits per heavy atom. The van der Waals surface area contributed by atoms with Crippen LogP contribution < -0.4 is 10.2 Å². The standard InChI is InChI=1S/C20H17N3O2/c1-23-17-8-7-15(12-14(17)6-9-18(23)24)22-20(25)19-16-5-3-2-4-13(16)10-11-21-19/h2-5,7-8,10-12H,6,9H2,1H3,(H,22,25). The van der Waals surface area contributed by atoms with Crippen molar-refractivity contribution in [3.63, 3.8) is 0 Å². The van der Waals surface area contributed by atoms with Gasteiger partial charge in [-0.2, -0.15) is 0 Å². The average molecular weight is 331 g/mol. The lowest BCUT2D eigenvalue weighted by Gasteiger charge is -2.26. The van der Waals surface area contributed by atoms with E-state index >= 15 is 0 Å². The highest BCUT2D eigenvalue weighted by atomic mass is 16.2. The molecule has 0 spiro atoms. The molecule has 3 aromatic rings. The normalized spacial score (nSPS) is 13.6. The van der Waals surface area contributed by atoms with Crippen molar-refractivity contribution in [2.24, 2.45) is 0 Å². The van der Waals surface area contributed by atoms with Gasteiger partial charge in [0, 0.05) is 36.4 Å². The zero-order valence-electron chi connectivity index (χ0n) is 13.8. The number of hydrogen-bond donors (Lipinski definition) is 1. The molecule has 0 aliphatic carbocycles. The molecule has 0 atom stereocenters. The number of aryl methyl sites for hydroxylation is 1. The molecule has 1 aliphatic rings. The van der Waals surface area contributed by atoms with E-state index in [0.29, 0.717) is 24.2 Å². The second kappa shape index (κ2) is 6.02. The van der Waals surface area contributed by atoms with Crippen LogP contribution in [-0.4, -0.2) is 23.8 Å². The first-order valence-corrected chi connectivity index (χ1v) is 8.18. The number of carbonyl (C=O) groups is 2. The molecule has 1 aliphatic heterocycles. The monoisotopic (exact) mass is 331 g/mol. The molecule has 124 valence electrons. The number of nitrogens with one attached hydrogen (secondary N) is 1. The van der Waals surface area contributed by atoms with E-state index in [9.17, 15) is 9.59 Å². The van der Waals surface area contributed by atoms with E-state index in [2.05, 4.69) is 10.3 Å². The van der Waals surface area contributed by atoms with Gasteiger partial charge in [0.1, 0.15) is 5.69 Å². The van der Waals surface area contributed by atoms with Crippen LogP contribution in [0.5, 0.6) is 0 Å². The minimum absolute atomic E-state index is 0.115. The third kappa shape index (κ3) is 2.74. The summed E-state index contributed by atoms with van der Waals surface area (Å²) in [5.41, 5.74) is 3.08. The minimum atomic E-state index is -0.239. The maximum atomic E-state index is 12.7. The van der Waals surface area contributed by atoms with Gasteiger partial charge in [-0.1, -0.05) is 24.3 Å². The van der Waals surface area contributed by atoms with Crippen molar-refractivity contribution in [2.45, 2.75) is 12.8 Å². The first kappa shape index (κ1) is 15.3. The highest BCUT2D eigenvalue weighted by Gasteiger charge is 2.21. The van der Waals surface area contributed by atoms with E-state index in [1.54, 1.807) is 18.1 Å². The van der Waals surface area contributed by atoms with Crippen LogP contribution in [0.3, 0.4) is 0 Å². The van der Waals surface area contributed by atoms with E-state index in [1.165, 1.54) is 0 Å². The number of anilines is 2. The third-order valence-electron chi connectivity index (χ3n) is 4.57. The fourth-order valence-corrected chi connectivity index (χ4v) is 3.23. The minimum Gasteiger partial charge on any atom is -0.321 e. The maximum Gasteiger partial charge on any atom is 0.274 e. The summed E-state index contributed by atoms with van der Waals surface area (Å²) in [5.74, 6) is -0.124. The molecule has 5 nitrogen and oxygen atoms in total. The van der Waals surface area contributed by atoms with E-state index in [4.69, 9.17) is 0 Å². The first-order chi connectivity index (χ1) is 12.1. The zero-order chi connectivity index (χ0) is 17.4. The van der Waals surface area contributed by atoms with Crippen molar-refractivity contribution in [1.82, 2.24) is 4.98 Å². The summed E-state index contributed by atoms with van der Waals surface area (Å²) in [6.07, 6.45) is 2.82. The quantitative estimate of drug-likeness (QED) is 0.783. The number of hydrogen-bond acceptors (Lipinski definition) is 3. The largest absolute Gasteiger partial charge is 0.321 e. The van der Waals surface area contributed by atoms with Crippen molar-refractivity contribution >= 4 is 34.0 Å². The van der Waals surface area contributed by atoms with Crippen LogP contribution in [0.1, 0.15) is 22.5 Å². The SMILES string of the molecule is CN1C(=O)CCc2cc(NC(=O)c3nccc4ccccc34)ccc21. The van der Waals surface area contributed by atoms with Gasteiger partial charge in [-0.3, -0.25) is 14.6 Å². The number of fused-ring (bicyclic) bond motifs is 2. The summed E-state index contributed by atoms with van der Waals surface area (Å²) >= 11 is 0. The molecule has 0 saturated heterocycles. The predicted octanol–water partition coefficient (Wildman–Crippen LogP) is 3.40. The van der Waals surface area contributed by atoms with Crippen LogP contribution in [0.2, 0.25) is 0 Å². The molecule has 1 N–H and O–H groups in total. The van der Waals surface area contributed by atoms with Crippen molar-refractivity contribution in [1.29, 1.82) is 0 Å². The van der Waals surface area contributed by atoms with E-state index in [0.717, 1.165) is 22.0 Å². The molecule has 0 unspecified atom stereocenters. The fourth-order valence-electron chi connectivity index (χ4n) is 3.23. The van der Waals surface area contributed by atoms with Crippen LogP contribution >= 0.6 is 0 Å². The third-order valence-corrected chi connectivity index (χ3v) is 4.57. The summed E-state index contributed by atoms with van der Waals surface area (Å²) in [7, 11) is 1.78. The summed E-state index contributed by atoms with van der Waals surface area (Å²) < 4.78 is 0. The number of benzene rings is 2. The van der Waals surface area contributed by atoms with Gasteiger partial charge < -0.3 is 10.2 Å². The Labute approximate surface area is 145 Å². The molecule has 1 aromatic heterocycles. The molecular formula is C20H17N3O2.